The van der Waals surface area contributed by atoms with Gasteiger partial charge in [0, 0.05) is 37.7 Å². The number of pyridine rings is 1. The summed E-state index contributed by atoms with van der Waals surface area (Å²) in [5.74, 6) is 1.40. The van der Waals surface area contributed by atoms with E-state index in [2.05, 4.69) is 10.3 Å². The molecule has 0 spiro atoms. The third kappa shape index (κ3) is 5.28. The van der Waals surface area contributed by atoms with E-state index in [-0.39, 0.29) is 30.2 Å². The average Bonchev–Trinajstić information content (AvgIpc) is 2.78. The molecule has 2 amide bonds. The molecule has 2 aromatic rings. The smallest absolute Gasteiger partial charge is 0.227 e. The molecule has 0 bridgehead atoms. The Balaban J connectivity index is 1.75. The highest BCUT2D eigenvalue weighted by atomic mass is 16.5. The highest BCUT2D eigenvalue weighted by Crippen LogP contribution is 2.30. The number of likely N-dealkylation sites (tertiary alicyclic amines) is 1. The molecule has 2 heterocycles. The van der Waals surface area contributed by atoms with E-state index in [0.29, 0.717) is 24.6 Å². The first kappa shape index (κ1) is 21.6. The number of piperidine rings is 1. The summed E-state index contributed by atoms with van der Waals surface area (Å²) in [4.78, 5) is 31.2. The molecule has 0 aliphatic carbocycles. The number of benzene rings is 1. The lowest BCUT2D eigenvalue weighted by Crippen LogP contribution is -2.45. The SMILES string of the molecule is COc1ccc(OC)c(CC(=O)N2CCC[C@@H]([C@@H](NC(C)=O)c3ccccn3)C2)c1. The summed E-state index contributed by atoms with van der Waals surface area (Å²) in [5, 5.41) is 3.03. The summed E-state index contributed by atoms with van der Waals surface area (Å²) in [7, 11) is 3.19. The molecule has 160 valence electrons. The predicted molar refractivity (Wildman–Crippen MR) is 113 cm³/mol. The van der Waals surface area contributed by atoms with Gasteiger partial charge in [0.25, 0.3) is 0 Å². The number of rotatable bonds is 7. The molecule has 1 fully saturated rings. The van der Waals surface area contributed by atoms with Gasteiger partial charge >= 0.3 is 0 Å². The van der Waals surface area contributed by atoms with Crippen LogP contribution in [0.5, 0.6) is 11.5 Å². The maximum absolute atomic E-state index is 13.1. The van der Waals surface area contributed by atoms with Gasteiger partial charge in [-0.3, -0.25) is 14.6 Å². The number of nitrogens with zero attached hydrogens (tertiary/aromatic N) is 2. The van der Waals surface area contributed by atoms with Crippen LogP contribution in [0, 0.1) is 5.92 Å². The summed E-state index contributed by atoms with van der Waals surface area (Å²) in [6.07, 6.45) is 3.77. The predicted octanol–water partition coefficient (Wildman–Crippen LogP) is 2.76. The van der Waals surface area contributed by atoms with Crippen LogP contribution in [0.3, 0.4) is 0 Å². The lowest BCUT2D eigenvalue weighted by Gasteiger charge is -2.37. The van der Waals surface area contributed by atoms with Crippen LogP contribution in [0.25, 0.3) is 0 Å². The van der Waals surface area contributed by atoms with Gasteiger partial charge in [-0.25, -0.2) is 0 Å². The second-order valence-corrected chi connectivity index (χ2v) is 7.53. The van der Waals surface area contributed by atoms with Gasteiger partial charge in [-0.15, -0.1) is 0 Å². The van der Waals surface area contributed by atoms with Crippen molar-refractivity contribution in [1.29, 1.82) is 0 Å². The van der Waals surface area contributed by atoms with E-state index in [4.69, 9.17) is 9.47 Å². The van der Waals surface area contributed by atoms with Crippen LogP contribution in [0.4, 0.5) is 0 Å². The minimum Gasteiger partial charge on any atom is -0.497 e. The van der Waals surface area contributed by atoms with Gasteiger partial charge in [0.1, 0.15) is 11.5 Å². The molecule has 1 aromatic heterocycles. The fourth-order valence-electron chi connectivity index (χ4n) is 4.02. The standard InChI is InChI=1S/C23H29N3O4/c1-16(27)25-23(20-8-4-5-11-24-20)17-7-6-12-26(15-17)22(28)14-18-13-19(29-2)9-10-21(18)30-3/h4-5,8-11,13,17,23H,6-7,12,14-15H2,1-3H3,(H,25,27)/t17-,23-/m1/s1. The summed E-state index contributed by atoms with van der Waals surface area (Å²) in [6, 6.07) is 10.9. The van der Waals surface area contributed by atoms with Gasteiger partial charge < -0.3 is 19.7 Å². The van der Waals surface area contributed by atoms with Gasteiger partial charge in [-0.1, -0.05) is 6.07 Å². The zero-order valence-electron chi connectivity index (χ0n) is 17.8. The molecule has 1 saturated heterocycles. The van der Waals surface area contributed by atoms with Crippen molar-refractivity contribution < 1.29 is 19.1 Å². The number of hydrogen-bond donors (Lipinski definition) is 1. The number of ether oxygens (including phenoxy) is 2. The molecule has 0 unspecified atom stereocenters. The van der Waals surface area contributed by atoms with E-state index in [9.17, 15) is 9.59 Å². The Morgan fingerprint density at radius 2 is 2.07 bits per heavy atom. The number of nitrogens with one attached hydrogen (secondary N) is 1. The van der Waals surface area contributed by atoms with Crippen LogP contribution in [0.15, 0.2) is 42.6 Å². The number of aromatic nitrogens is 1. The summed E-state index contributed by atoms with van der Waals surface area (Å²) >= 11 is 0. The van der Waals surface area contributed by atoms with E-state index in [1.165, 1.54) is 6.92 Å². The van der Waals surface area contributed by atoms with E-state index in [0.717, 1.165) is 24.1 Å². The lowest BCUT2D eigenvalue weighted by atomic mass is 9.88. The van der Waals surface area contributed by atoms with Gasteiger partial charge in [0.15, 0.2) is 0 Å². The minimum atomic E-state index is -0.217. The van der Waals surface area contributed by atoms with Gasteiger partial charge in [-0.05, 0) is 43.2 Å². The Bertz CT molecular complexity index is 872. The zero-order valence-corrected chi connectivity index (χ0v) is 17.8. The third-order valence-corrected chi connectivity index (χ3v) is 5.48. The number of carbonyl (C=O) groups excluding carboxylic acids is 2. The summed E-state index contributed by atoms with van der Waals surface area (Å²) in [6.45, 7) is 2.79. The first-order valence-electron chi connectivity index (χ1n) is 10.2. The molecular weight excluding hydrogens is 382 g/mol. The molecule has 2 atom stereocenters. The van der Waals surface area contributed by atoms with Crippen molar-refractivity contribution in [1.82, 2.24) is 15.2 Å². The number of amides is 2. The molecular formula is C23H29N3O4. The molecule has 0 saturated carbocycles. The number of hydrogen-bond acceptors (Lipinski definition) is 5. The Hall–Kier alpha value is -3.09. The van der Waals surface area contributed by atoms with Crippen LogP contribution in [-0.4, -0.2) is 49.0 Å². The average molecular weight is 412 g/mol. The van der Waals surface area contributed by atoms with E-state index < -0.39 is 0 Å². The van der Waals surface area contributed by atoms with Crippen LogP contribution in [0.1, 0.15) is 37.1 Å². The van der Waals surface area contributed by atoms with Crippen molar-refractivity contribution in [3.8, 4) is 11.5 Å². The molecule has 1 aliphatic heterocycles. The Labute approximate surface area is 177 Å². The van der Waals surface area contributed by atoms with Crippen LogP contribution < -0.4 is 14.8 Å². The summed E-state index contributed by atoms with van der Waals surface area (Å²) < 4.78 is 10.7. The second kappa shape index (κ2) is 10.1. The number of methoxy groups -OCH3 is 2. The molecule has 1 aromatic carbocycles. The van der Waals surface area contributed by atoms with Crippen molar-refractivity contribution >= 4 is 11.8 Å². The first-order valence-corrected chi connectivity index (χ1v) is 10.2. The van der Waals surface area contributed by atoms with Crippen molar-refractivity contribution in [2.45, 2.75) is 32.2 Å². The molecule has 7 heteroatoms. The van der Waals surface area contributed by atoms with E-state index in [1.54, 1.807) is 20.4 Å². The van der Waals surface area contributed by atoms with Crippen LogP contribution in [-0.2, 0) is 16.0 Å². The largest absolute Gasteiger partial charge is 0.497 e. The lowest BCUT2D eigenvalue weighted by molar-refractivity contribution is -0.132. The second-order valence-electron chi connectivity index (χ2n) is 7.53. The minimum absolute atomic E-state index is 0.0360. The molecule has 1 N–H and O–H groups in total. The fraction of sp³-hybridized carbons (Fsp3) is 0.435. The fourth-order valence-corrected chi connectivity index (χ4v) is 4.02. The maximum Gasteiger partial charge on any atom is 0.227 e. The Morgan fingerprint density at radius 3 is 2.73 bits per heavy atom. The van der Waals surface area contributed by atoms with Gasteiger partial charge in [0.2, 0.25) is 11.8 Å². The van der Waals surface area contributed by atoms with Gasteiger partial charge in [-0.2, -0.15) is 0 Å². The highest BCUT2D eigenvalue weighted by Gasteiger charge is 2.31. The monoisotopic (exact) mass is 411 g/mol. The van der Waals surface area contributed by atoms with E-state index in [1.807, 2.05) is 41.3 Å². The molecule has 7 nitrogen and oxygen atoms in total. The van der Waals surface area contributed by atoms with Crippen molar-refractivity contribution in [3.63, 3.8) is 0 Å². The third-order valence-electron chi connectivity index (χ3n) is 5.48. The van der Waals surface area contributed by atoms with Gasteiger partial charge in [0.05, 0.1) is 32.4 Å². The van der Waals surface area contributed by atoms with Crippen LogP contribution in [0.2, 0.25) is 0 Å². The van der Waals surface area contributed by atoms with E-state index >= 15 is 0 Å². The van der Waals surface area contributed by atoms with Crippen LogP contribution >= 0.6 is 0 Å². The molecule has 1 aliphatic rings. The first-order chi connectivity index (χ1) is 14.5. The molecule has 0 radical (unpaired) electrons. The molecule has 30 heavy (non-hydrogen) atoms. The Kier molecular flexibility index (Phi) is 7.27. The quantitative estimate of drug-likeness (QED) is 0.758. The number of carbonyl (C=O) groups is 2. The highest BCUT2D eigenvalue weighted by molar-refractivity contribution is 5.80. The summed E-state index contributed by atoms with van der Waals surface area (Å²) in [5.41, 5.74) is 1.62. The molecule has 3 rings (SSSR count). The maximum atomic E-state index is 13.1. The van der Waals surface area contributed by atoms with Crippen molar-refractivity contribution in [2.24, 2.45) is 5.92 Å². The normalized spacial score (nSPS) is 17.2. The van der Waals surface area contributed by atoms with Crippen molar-refractivity contribution in [2.75, 3.05) is 27.3 Å². The Morgan fingerprint density at radius 1 is 1.23 bits per heavy atom. The topological polar surface area (TPSA) is 80.8 Å². The zero-order chi connectivity index (χ0) is 21.5. The van der Waals surface area contributed by atoms with Crippen molar-refractivity contribution in [3.05, 3.63) is 53.9 Å².